The van der Waals surface area contributed by atoms with E-state index in [0.717, 1.165) is 11.6 Å². The first-order chi connectivity index (χ1) is 8.40. The first-order valence-electron chi connectivity index (χ1n) is 5.41. The highest BCUT2D eigenvalue weighted by atomic mass is 19.3. The van der Waals surface area contributed by atoms with Crippen molar-refractivity contribution in [1.82, 2.24) is 0 Å². The molecule has 0 aliphatic carbocycles. The van der Waals surface area contributed by atoms with Crippen LogP contribution in [-0.2, 0) is 4.79 Å². The molecule has 0 spiro atoms. The van der Waals surface area contributed by atoms with Gasteiger partial charge in [0.15, 0.2) is 0 Å². The van der Waals surface area contributed by atoms with Crippen molar-refractivity contribution in [3.8, 4) is 0 Å². The van der Waals surface area contributed by atoms with Crippen molar-refractivity contribution in [3.63, 3.8) is 0 Å². The van der Waals surface area contributed by atoms with Gasteiger partial charge in [-0.15, -0.1) is 0 Å². The Morgan fingerprint density at radius 3 is 2.72 bits per heavy atom. The molecular weight excluding hydrogens is 240 g/mol. The minimum atomic E-state index is -2.44. The minimum Gasteiger partial charge on any atom is -0.478 e. The lowest BCUT2D eigenvalue weighted by molar-refractivity contribution is -0.131. The van der Waals surface area contributed by atoms with Crippen molar-refractivity contribution in [1.29, 1.82) is 0 Å². The number of alkyl halides is 2. The van der Waals surface area contributed by atoms with Crippen molar-refractivity contribution < 1.29 is 18.7 Å². The van der Waals surface area contributed by atoms with E-state index in [9.17, 15) is 13.6 Å². The number of carboxylic acids is 1. The molecule has 1 aromatic carbocycles. The second-order valence-electron chi connectivity index (χ2n) is 4.01. The van der Waals surface area contributed by atoms with Crippen molar-refractivity contribution >= 4 is 17.7 Å². The number of aliphatic carboxylic acids is 1. The maximum absolute atomic E-state index is 12.3. The van der Waals surface area contributed by atoms with Gasteiger partial charge in [-0.25, -0.2) is 13.6 Å². The van der Waals surface area contributed by atoms with E-state index in [2.05, 4.69) is 0 Å². The number of hydrogen-bond acceptors (Lipinski definition) is 2. The van der Waals surface area contributed by atoms with E-state index >= 15 is 0 Å². The van der Waals surface area contributed by atoms with Crippen LogP contribution >= 0.6 is 0 Å². The van der Waals surface area contributed by atoms with E-state index in [0.29, 0.717) is 11.3 Å². The molecule has 18 heavy (non-hydrogen) atoms. The molecule has 1 aromatic rings. The quantitative estimate of drug-likeness (QED) is 0.822. The van der Waals surface area contributed by atoms with Crippen molar-refractivity contribution in [2.24, 2.45) is 0 Å². The minimum absolute atomic E-state index is 0.392. The maximum Gasteiger partial charge on any atom is 0.328 e. The average molecular weight is 255 g/mol. The van der Waals surface area contributed by atoms with E-state index < -0.39 is 18.9 Å². The third kappa shape index (κ3) is 4.16. The van der Waals surface area contributed by atoms with Crippen LogP contribution in [0, 0.1) is 6.92 Å². The van der Waals surface area contributed by atoms with Gasteiger partial charge in [-0.1, -0.05) is 11.6 Å². The smallest absolute Gasteiger partial charge is 0.328 e. The Kier molecular flexibility index (Phi) is 4.83. The number of halogens is 2. The summed E-state index contributed by atoms with van der Waals surface area (Å²) in [6.45, 7) is 1.46. The molecule has 0 heterocycles. The van der Waals surface area contributed by atoms with Crippen molar-refractivity contribution in [3.05, 3.63) is 35.4 Å². The number of hydrogen-bond donors (Lipinski definition) is 1. The Morgan fingerprint density at radius 1 is 1.50 bits per heavy atom. The molecule has 98 valence electrons. The van der Waals surface area contributed by atoms with Crippen molar-refractivity contribution in [2.45, 2.75) is 13.3 Å². The van der Waals surface area contributed by atoms with Gasteiger partial charge in [0.1, 0.15) is 0 Å². The van der Waals surface area contributed by atoms with Crippen LogP contribution in [-0.4, -0.2) is 31.1 Å². The topological polar surface area (TPSA) is 40.5 Å². The molecule has 1 rings (SSSR count). The highest BCUT2D eigenvalue weighted by molar-refractivity contribution is 5.87. The molecule has 3 nitrogen and oxygen atoms in total. The standard InChI is InChI=1S/C13H15F2NO2/c1-9-3-5-11(16(2)8-12(14)15)10(7-9)4-6-13(17)18/h3-7,12H,8H2,1-2H3,(H,17,18)/b6-4+. The molecule has 0 atom stereocenters. The Hall–Kier alpha value is -1.91. The molecular formula is C13H15F2NO2. The van der Waals surface area contributed by atoms with Crippen LogP contribution in [0.25, 0.3) is 6.08 Å². The molecule has 0 radical (unpaired) electrons. The number of nitrogens with zero attached hydrogens (tertiary/aromatic N) is 1. The van der Waals surface area contributed by atoms with E-state index in [1.54, 1.807) is 25.2 Å². The summed E-state index contributed by atoms with van der Waals surface area (Å²) in [6.07, 6.45) is -0.0335. The fourth-order valence-corrected chi connectivity index (χ4v) is 1.62. The second kappa shape index (κ2) is 6.14. The van der Waals surface area contributed by atoms with E-state index in [-0.39, 0.29) is 0 Å². The summed E-state index contributed by atoms with van der Waals surface area (Å²) < 4.78 is 24.7. The summed E-state index contributed by atoms with van der Waals surface area (Å²) in [5, 5.41) is 8.60. The lowest BCUT2D eigenvalue weighted by Crippen LogP contribution is -2.24. The Labute approximate surface area is 104 Å². The van der Waals surface area contributed by atoms with E-state index in [1.807, 2.05) is 6.92 Å². The SMILES string of the molecule is Cc1ccc(N(C)CC(F)F)c(/C=C/C(=O)O)c1. The molecule has 0 saturated carbocycles. The van der Waals surface area contributed by atoms with Crippen LogP contribution < -0.4 is 4.90 Å². The van der Waals surface area contributed by atoms with Gasteiger partial charge in [-0.2, -0.15) is 0 Å². The fraction of sp³-hybridized carbons (Fsp3) is 0.308. The number of benzene rings is 1. The van der Waals surface area contributed by atoms with Gasteiger partial charge in [-0.05, 0) is 30.7 Å². The first kappa shape index (κ1) is 14.2. The number of aryl methyl sites for hydroxylation is 1. The molecule has 1 N–H and O–H groups in total. The molecule has 0 fully saturated rings. The maximum atomic E-state index is 12.3. The van der Waals surface area contributed by atoms with E-state index in [4.69, 9.17) is 5.11 Å². The molecule has 0 aromatic heterocycles. The third-order valence-electron chi connectivity index (χ3n) is 2.41. The van der Waals surface area contributed by atoms with Gasteiger partial charge in [0, 0.05) is 18.8 Å². The molecule has 0 aliphatic rings. The van der Waals surface area contributed by atoms with Crippen LogP contribution in [0.3, 0.4) is 0 Å². The lowest BCUT2D eigenvalue weighted by Gasteiger charge is -2.21. The predicted molar refractivity (Wildman–Crippen MR) is 67.1 cm³/mol. The van der Waals surface area contributed by atoms with Crippen LogP contribution in [0.1, 0.15) is 11.1 Å². The number of anilines is 1. The zero-order chi connectivity index (χ0) is 13.7. The van der Waals surface area contributed by atoms with Gasteiger partial charge < -0.3 is 10.0 Å². The Morgan fingerprint density at radius 2 is 2.17 bits per heavy atom. The predicted octanol–water partition coefficient (Wildman–Crippen LogP) is 2.79. The van der Waals surface area contributed by atoms with Gasteiger partial charge >= 0.3 is 5.97 Å². The van der Waals surface area contributed by atoms with Crippen LogP contribution in [0.4, 0.5) is 14.5 Å². The largest absolute Gasteiger partial charge is 0.478 e. The highest BCUT2D eigenvalue weighted by Crippen LogP contribution is 2.23. The Bertz CT molecular complexity index is 458. The molecule has 0 saturated heterocycles. The van der Waals surface area contributed by atoms with Gasteiger partial charge in [0.2, 0.25) is 0 Å². The van der Waals surface area contributed by atoms with Gasteiger partial charge in [-0.3, -0.25) is 0 Å². The summed E-state index contributed by atoms with van der Waals surface area (Å²) in [4.78, 5) is 11.9. The molecule has 0 aliphatic heterocycles. The third-order valence-corrected chi connectivity index (χ3v) is 2.41. The average Bonchev–Trinajstić information content (AvgIpc) is 2.25. The van der Waals surface area contributed by atoms with E-state index in [1.165, 1.54) is 11.0 Å². The zero-order valence-corrected chi connectivity index (χ0v) is 10.2. The Balaban J connectivity index is 3.06. The van der Waals surface area contributed by atoms with Crippen LogP contribution in [0.2, 0.25) is 0 Å². The van der Waals surface area contributed by atoms with Crippen LogP contribution in [0.5, 0.6) is 0 Å². The van der Waals surface area contributed by atoms with Crippen LogP contribution in [0.15, 0.2) is 24.3 Å². The molecule has 0 amide bonds. The molecule has 0 unspecified atom stereocenters. The highest BCUT2D eigenvalue weighted by Gasteiger charge is 2.11. The van der Waals surface area contributed by atoms with Gasteiger partial charge in [0.05, 0.1) is 6.54 Å². The number of carboxylic acid groups (broad SMARTS) is 1. The summed E-state index contributed by atoms with van der Waals surface area (Å²) in [7, 11) is 1.55. The molecule has 0 bridgehead atoms. The normalized spacial score (nSPS) is 11.2. The number of carbonyl (C=O) groups is 1. The van der Waals surface area contributed by atoms with Gasteiger partial charge in [0.25, 0.3) is 6.43 Å². The lowest BCUT2D eigenvalue weighted by atomic mass is 10.1. The summed E-state index contributed by atoms with van der Waals surface area (Å²) in [5.41, 5.74) is 2.13. The zero-order valence-electron chi connectivity index (χ0n) is 10.2. The fourth-order valence-electron chi connectivity index (χ4n) is 1.62. The second-order valence-corrected chi connectivity index (χ2v) is 4.01. The summed E-state index contributed by atoms with van der Waals surface area (Å²) >= 11 is 0. The summed E-state index contributed by atoms with van der Waals surface area (Å²) in [5.74, 6) is -1.07. The first-order valence-corrected chi connectivity index (χ1v) is 5.41. The monoisotopic (exact) mass is 255 g/mol. The molecule has 5 heteroatoms. The summed E-state index contributed by atoms with van der Waals surface area (Å²) in [6, 6.07) is 5.27. The number of rotatable bonds is 5. The van der Waals surface area contributed by atoms with Crippen molar-refractivity contribution in [2.75, 3.05) is 18.5 Å².